The average molecular weight is 254 g/mol. The quantitative estimate of drug-likeness (QED) is 0.757. The summed E-state index contributed by atoms with van der Waals surface area (Å²) in [5.74, 6) is -0.323. The van der Waals surface area contributed by atoms with Crippen molar-refractivity contribution in [2.75, 3.05) is 19.6 Å². The normalized spacial score (nSPS) is 30.1. The van der Waals surface area contributed by atoms with Crippen molar-refractivity contribution in [3.8, 4) is 0 Å². The molecule has 2 rings (SSSR count). The average Bonchev–Trinajstić information content (AvgIpc) is 2.22. The molecule has 2 aliphatic rings. The Hall–Kier alpha value is -0.610. The van der Waals surface area contributed by atoms with Crippen LogP contribution in [0, 0.1) is 5.92 Å². The van der Waals surface area contributed by atoms with E-state index in [1.807, 2.05) is 0 Å². The van der Waals surface area contributed by atoms with E-state index < -0.39 is 5.97 Å². The molecule has 0 bridgehead atoms. The number of nitrogens with zero attached hydrogens (tertiary/aromatic N) is 1. The van der Waals surface area contributed by atoms with Crippen LogP contribution in [0.3, 0.4) is 0 Å². The Morgan fingerprint density at radius 1 is 1.39 bits per heavy atom. The summed E-state index contributed by atoms with van der Waals surface area (Å²) in [4.78, 5) is 13.4. The molecule has 0 radical (unpaired) electrons. The molecule has 1 aliphatic heterocycles. The highest BCUT2D eigenvalue weighted by Gasteiger charge is 2.34. The second kappa shape index (κ2) is 6.53. The number of likely N-dealkylation sites (tertiary alicyclic amines) is 1. The smallest absolute Gasteiger partial charge is 0.303 e. The van der Waals surface area contributed by atoms with E-state index in [9.17, 15) is 4.79 Å². The number of rotatable bonds is 6. The molecule has 18 heavy (non-hydrogen) atoms. The zero-order chi connectivity index (χ0) is 13.0. The Morgan fingerprint density at radius 2 is 2.17 bits per heavy atom. The lowest BCUT2D eigenvalue weighted by Crippen LogP contribution is -2.54. The minimum Gasteiger partial charge on any atom is -0.481 e. The molecule has 0 aromatic carbocycles. The summed E-state index contributed by atoms with van der Waals surface area (Å²) >= 11 is 0. The van der Waals surface area contributed by atoms with Gasteiger partial charge in [-0.25, -0.2) is 0 Å². The van der Waals surface area contributed by atoms with Gasteiger partial charge in [0.05, 0.1) is 0 Å². The fourth-order valence-electron chi connectivity index (χ4n) is 3.18. The van der Waals surface area contributed by atoms with E-state index >= 15 is 0 Å². The van der Waals surface area contributed by atoms with Gasteiger partial charge in [0.15, 0.2) is 0 Å². The predicted octanol–water partition coefficient (Wildman–Crippen LogP) is 1.70. The molecular formula is C14H26N2O2. The van der Waals surface area contributed by atoms with Gasteiger partial charge in [-0.15, -0.1) is 0 Å². The fraction of sp³-hybridized carbons (Fsp3) is 0.929. The highest BCUT2D eigenvalue weighted by molar-refractivity contribution is 5.67. The Labute approximate surface area is 110 Å². The number of nitrogens with one attached hydrogen (secondary N) is 1. The Morgan fingerprint density at radius 3 is 2.72 bits per heavy atom. The highest BCUT2D eigenvalue weighted by atomic mass is 16.4. The van der Waals surface area contributed by atoms with Crippen molar-refractivity contribution in [1.29, 1.82) is 0 Å². The largest absolute Gasteiger partial charge is 0.481 e. The number of carbonyl (C=O) groups is 1. The zero-order valence-electron chi connectivity index (χ0n) is 11.4. The van der Waals surface area contributed by atoms with Gasteiger partial charge in [-0.3, -0.25) is 9.69 Å². The van der Waals surface area contributed by atoms with Crippen LogP contribution in [0.25, 0.3) is 0 Å². The predicted molar refractivity (Wildman–Crippen MR) is 71.7 cm³/mol. The van der Waals surface area contributed by atoms with Crippen LogP contribution in [0.4, 0.5) is 0 Å². The van der Waals surface area contributed by atoms with Crippen LogP contribution in [0.2, 0.25) is 0 Å². The molecule has 1 aliphatic carbocycles. The molecular weight excluding hydrogens is 228 g/mol. The summed E-state index contributed by atoms with van der Waals surface area (Å²) in [6.07, 6.45) is 6.45. The van der Waals surface area contributed by atoms with Gasteiger partial charge in [-0.2, -0.15) is 0 Å². The van der Waals surface area contributed by atoms with Crippen LogP contribution >= 0.6 is 0 Å². The van der Waals surface area contributed by atoms with Crippen LogP contribution < -0.4 is 5.32 Å². The molecule has 0 aromatic heterocycles. The maximum atomic E-state index is 10.9. The highest BCUT2D eigenvalue weighted by Crippen LogP contribution is 2.30. The van der Waals surface area contributed by atoms with E-state index in [4.69, 9.17) is 5.11 Å². The Balaban J connectivity index is 1.88. The molecule has 104 valence electrons. The third-order valence-electron chi connectivity index (χ3n) is 4.30. The third kappa shape index (κ3) is 3.69. The number of hydrogen-bond acceptors (Lipinski definition) is 3. The molecule has 1 heterocycles. The molecule has 2 fully saturated rings. The minimum atomic E-state index is -0.648. The van der Waals surface area contributed by atoms with Crippen molar-refractivity contribution >= 4 is 5.97 Å². The summed E-state index contributed by atoms with van der Waals surface area (Å²) in [5, 5.41) is 12.6. The molecule has 1 saturated heterocycles. The number of carboxylic acid groups (broad SMARTS) is 1. The summed E-state index contributed by atoms with van der Waals surface area (Å²) in [6, 6.07) is 1.22. The first-order valence-corrected chi connectivity index (χ1v) is 7.38. The summed E-state index contributed by atoms with van der Waals surface area (Å²) < 4.78 is 0. The summed E-state index contributed by atoms with van der Waals surface area (Å²) in [5.41, 5.74) is 0. The molecule has 0 amide bonds. The van der Waals surface area contributed by atoms with E-state index in [1.54, 1.807) is 0 Å². The van der Waals surface area contributed by atoms with E-state index in [0.29, 0.717) is 18.4 Å². The lowest BCUT2D eigenvalue weighted by molar-refractivity contribution is -0.138. The number of piperidine rings is 1. The maximum absolute atomic E-state index is 10.9. The Kier molecular flexibility index (Phi) is 5.01. The first kappa shape index (κ1) is 13.8. The standard InChI is InChI=1S/C14H26N2O2/c1-2-6-15-12-7-11(8-14(17)18)9-16(10-12)13-4-3-5-13/h11-13,15H,2-10H2,1H3,(H,17,18). The first-order chi connectivity index (χ1) is 8.69. The van der Waals surface area contributed by atoms with Crippen molar-refractivity contribution in [2.24, 2.45) is 5.92 Å². The summed E-state index contributed by atoms with van der Waals surface area (Å²) in [7, 11) is 0. The van der Waals surface area contributed by atoms with Crippen molar-refractivity contribution in [1.82, 2.24) is 10.2 Å². The van der Waals surface area contributed by atoms with Crippen LogP contribution in [-0.4, -0.2) is 47.7 Å². The molecule has 2 N–H and O–H groups in total. The lowest BCUT2D eigenvalue weighted by Gasteiger charge is -2.45. The van der Waals surface area contributed by atoms with Gasteiger partial charge in [0.25, 0.3) is 0 Å². The van der Waals surface area contributed by atoms with Crippen LogP contribution in [0.5, 0.6) is 0 Å². The topological polar surface area (TPSA) is 52.6 Å². The fourth-order valence-corrected chi connectivity index (χ4v) is 3.18. The van der Waals surface area contributed by atoms with Crippen molar-refractivity contribution in [2.45, 2.75) is 57.5 Å². The number of hydrogen-bond donors (Lipinski definition) is 2. The molecule has 2 atom stereocenters. The van der Waals surface area contributed by atoms with Gasteiger partial charge in [-0.05, 0) is 38.1 Å². The number of carboxylic acids is 1. The molecule has 2 unspecified atom stereocenters. The molecule has 4 heteroatoms. The maximum Gasteiger partial charge on any atom is 0.303 e. The third-order valence-corrected chi connectivity index (χ3v) is 4.30. The minimum absolute atomic E-state index is 0.325. The SMILES string of the molecule is CCCNC1CC(CC(=O)O)CN(C2CCC2)C1. The van der Waals surface area contributed by atoms with Crippen molar-refractivity contribution in [3.05, 3.63) is 0 Å². The lowest BCUT2D eigenvalue weighted by atomic mass is 9.85. The first-order valence-electron chi connectivity index (χ1n) is 7.38. The van der Waals surface area contributed by atoms with Crippen molar-refractivity contribution < 1.29 is 9.90 Å². The number of aliphatic carboxylic acids is 1. The monoisotopic (exact) mass is 254 g/mol. The molecule has 4 nitrogen and oxygen atoms in total. The van der Waals surface area contributed by atoms with Crippen molar-refractivity contribution in [3.63, 3.8) is 0 Å². The van der Waals surface area contributed by atoms with E-state index in [2.05, 4.69) is 17.1 Å². The van der Waals surface area contributed by atoms with Gasteiger partial charge in [-0.1, -0.05) is 13.3 Å². The zero-order valence-corrected chi connectivity index (χ0v) is 11.4. The van der Waals surface area contributed by atoms with Crippen LogP contribution in [0.15, 0.2) is 0 Å². The second-order valence-electron chi connectivity index (χ2n) is 5.89. The van der Waals surface area contributed by atoms with E-state index in [1.165, 1.54) is 19.3 Å². The van der Waals surface area contributed by atoms with Gasteiger partial charge >= 0.3 is 5.97 Å². The molecule has 1 saturated carbocycles. The van der Waals surface area contributed by atoms with Gasteiger partial charge in [0, 0.05) is 31.6 Å². The summed E-state index contributed by atoms with van der Waals surface area (Å²) in [6.45, 7) is 5.32. The van der Waals surface area contributed by atoms with E-state index in [-0.39, 0.29) is 0 Å². The van der Waals surface area contributed by atoms with Gasteiger partial charge in [0.2, 0.25) is 0 Å². The second-order valence-corrected chi connectivity index (χ2v) is 5.89. The molecule has 0 spiro atoms. The van der Waals surface area contributed by atoms with Crippen LogP contribution in [0.1, 0.15) is 45.4 Å². The van der Waals surface area contributed by atoms with Gasteiger partial charge in [0.1, 0.15) is 0 Å². The van der Waals surface area contributed by atoms with Crippen LogP contribution in [-0.2, 0) is 4.79 Å². The van der Waals surface area contributed by atoms with Gasteiger partial charge < -0.3 is 10.4 Å². The van der Waals surface area contributed by atoms with E-state index in [0.717, 1.165) is 38.5 Å². The Bertz CT molecular complexity index is 279. The molecule has 0 aromatic rings.